The first-order valence-electron chi connectivity index (χ1n) is 4.60. The molecule has 3 N–H and O–H groups in total. The third-order valence-electron chi connectivity index (χ3n) is 2.26. The van der Waals surface area contributed by atoms with Gasteiger partial charge < -0.3 is 15.5 Å². The van der Waals surface area contributed by atoms with Gasteiger partial charge in [-0.1, -0.05) is 0 Å². The minimum Gasteiger partial charge on any atom is -0.466 e. The highest BCUT2D eigenvalue weighted by atomic mass is 16.3. The van der Waals surface area contributed by atoms with Crippen LogP contribution in [-0.2, 0) is 6.54 Å². The molecule has 13 heavy (non-hydrogen) atoms. The van der Waals surface area contributed by atoms with E-state index in [1.807, 2.05) is 6.07 Å². The molecule has 4 heteroatoms. The van der Waals surface area contributed by atoms with Gasteiger partial charge in [0.25, 0.3) is 0 Å². The number of nitrogens with zero attached hydrogens (tertiary/aromatic N) is 1. The summed E-state index contributed by atoms with van der Waals surface area (Å²) in [5.74, 6) is 0.958. The van der Waals surface area contributed by atoms with E-state index < -0.39 is 0 Å². The maximum absolute atomic E-state index is 5.56. The quantitative estimate of drug-likeness (QED) is 0.687. The van der Waals surface area contributed by atoms with E-state index in [1.165, 1.54) is 0 Å². The second-order valence-corrected chi connectivity index (χ2v) is 3.37. The summed E-state index contributed by atoms with van der Waals surface area (Å²) < 4.78 is 5.28. The van der Waals surface area contributed by atoms with Crippen LogP contribution in [0.2, 0.25) is 0 Å². The van der Waals surface area contributed by atoms with E-state index in [9.17, 15) is 0 Å². The molecule has 72 valence electrons. The molecular formula is C9H15N3O. The third-order valence-corrected chi connectivity index (χ3v) is 2.26. The van der Waals surface area contributed by atoms with E-state index >= 15 is 0 Å². The van der Waals surface area contributed by atoms with Crippen LogP contribution in [0.15, 0.2) is 16.7 Å². The second kappa shape index (κ2) is 3.81. The number of furan rings is 1. The first-order chi connectivity index (χ1) is 6.34. The van der Waals surface area contributed by atoms with E-state index in [0.717, 1.165) is 38.5 Å². The lowest BCUT2D eigenvalue weighted by Crippen LogP contribution is -2.42. The Labute approximate surface area is 77.7 Å². The van der Waals surface area contributed by atoms with Crippen LogP contribution >= 0.6 is 0 Å². The third kappa shape index (κ3) is 2.23. The molecule has 1 aliphatic heterocycles. The zero-order valence-corrected chi connectivity index (χ0v) is 7.62. The molecule has 4 nitrogen and oxygen atoms in total. The molecule has 0 aliphatic carbocycles. The SMILES string of the molecule is Nc1coc(CN2CCNCC2)c1. The first-order valence-corrected chi connectivity index (χ1v) is 4.60. The van der Waals surface area contributed by atoms with Crippen LogP contribution in [0, 0.1) is 0 Å². The van der Waals surface area contributed by atoms with Crippen molar-refractivity contribution in [1.29, 1.82) is 0 Å². The smallest absolute Gasteiger partial charge is 0.119 e. The number of nitrogen functional groups attached to an aromatic ring is 1. The Kier molecular flexibility index (Phi) is 2.52. The molecule has 0 amide bonds. The van der Waals surface area contributed by atoms with E-state index in [-0.39, 0.29) is 0 Å². The summed E-state index contributed by atoms with van der Waals surface area (Å²) in [6, 6.07) is 1.89. The van der Waals surface area contributed by atoms with Gasteiger partial charge in [-0.05, 0) is 0 Å². The topological polar surface area (TPSA) is 54.4 Å². The van der Waals surface area contributed by atoms with Crippen LogP contribution in [0.4, 0.5) is 5.69 Å². The van der Waals surface area contributed by atoms with Crippen molar-refractivity contribution in [2.24, 2.45) is 0 Å². The Morgan fingerprint density at radius 1 is 1.46 bits per heavy atom. The zero-order chi connectivity index (χ0) is 9.10. The van der Waals surface area contributed by atoms with Crippen LogP contribution < -0.4 is 11.1 Å². The van der Waals surface area contributed by atoms with Crippen molar-refractivity contribution in [3.63, 3.8) is 0 Å². The van der Waals surface area contributed by atoms with Crippen molar-refractivity contribution in [2.75, 3.05) is 31.9 Å². The Morgan fingerprint density at radius 3 is 2.85 bits per heavy atom. The fraction of sp³-hybridized carbons (Fsp3) is 0.556. The predicted octanol–water partition coefficient (Wildman–Crippen LogP) is 0.267. The van der Waals surface area contributed by atoms with Crippen molar-refractivity contribution in [3.8, 4) is 0 Å². The number of hydrogen-bond acceptors (Lipinski definition) is 4. The highest BCUT2D eigenvalue weighted by Crippen LogP contribution is 2.11. The molecule has 0 saturated carbocycles. The predicted molar refractivity (Wildman–Crippen MR) is 51.3 cm³/mol. The largest absolute Gasteiger partial charge is 0.466 e. The first kappa shape index (κ1) is 8.59. The summed E-state index contributed by atoms with van der Waals surface area (Å²) in [6.45, 7) is 5.17. The molecule has 0 unspecified atom stereocenters. The van der Waals surface area contributed by atoms with Crippen LogP contribution in [0.3, 0.4) is 0 Å². The summed E-state index contributed by atoms with van der Waals surface area (Å²) in [4.78, 5) is 2.36. The summed E-state index contributed by atoms with van der Waals surface area (Å²) in [6.07, 6.45) is 1.59. The number of piperazine rings is 1. The highest BCUT2D eigenvalue weighted by Gasteiger charge is 2.11. The molecular weight excluding hydrogens is 166 g/mol. The average Bonchev–Trinajstić information content (AvgIpc) is 2.53. The van der Waals surface area contributed by atoms with Gasteiger partial charge in [-0.2, -0.15) is 0 Å². The van der Waals surface area contributed by atoms with Crippen molar-refractivity contribution < 1.29 is 4.42 Å². The van der Waals surface area contributed by atoms with Gasteiger partial charge in [0.1, 0.15) is 12.0 Å². The van der Waals surface area contributed by atoms with Crippen molar-refractivity contribution in [3.05, 3.63) is 18.1 Å². The van der Waals surface area contributed by atoms with Gasteiger partial charge in [-0.3, -0.25) is 4.90 Å². The van der Waals surface area contributed by atoms with E-state index in [0.29, 0.717) is 5.69 Å². The average molecular weight is 181 g/mol. The minimum atomic E-state index is 0.713. The fourth-order valence-electron chi connectivity index (χ4n) is 1.57. The Hall–Kier alpha value is -1.00. The molecule has 1 aromatic rings. The highest BCUT2D eigenvalue weighted by molar-refractivity contribution is 5.34. The van der Waals surface area contributed by atoms with Crippen LogP contribution in [0.5, 0.6) is 0 Å². The van der Waals surface area contributed by atoms with Crippen molar-refractivity contribution in [1.82, 2.24) is 10.2 Å². The standard InChI is InChI=1S/C9H15N3O/c10-8-5-9(13-7-8)6-12-3-1-11-2-4-12/h5,7,11H,1-4,6,10H2. The number of hydrogen-bond donors (Lipinski definition) is 2. The number of nitrogens with one attached hydrogen (secondary N) is 1. The molecule has 1 saturated heterocycles. The molecule has 0 spiro atoms. The molecule has 0 radical (unpaired) electrons. The van der Waals surface area contributed by atoms with Gasteiger partial charge in [-0.15, -0.1) is 0 Å². The molecule has 1 fully saturated rings. The summed E-state index contributed by atoms with van der Waals surface area (Å²) in [5.41, 5.74) is 6.27. The monoisotopic (exact) mass is 181 g/mol. The van der Waals surface area contributed by atoms with E-state index in [1.54, 1.807) is 6.26 Å². The summed E-state index contributed by atoms with van der Waals surface area (Å²) in [5, 5.41) is 3.31. The number of rotatable bonds is 2. The van der Waals surface area contributed by atoms with Crippen LogP contribution in [-0.4, -0.2) is 31.1 Å². The molecule has 2 heterocycles. The Morgan fingerprint density at radius 2 is 2.23 bits per heavy atom. The van der Waals surface area contributed by atoms with Crippen LogP contribution in [0.25, 0.3) is 0 Å². The molecule has 0 atom stereocenters. The Balaban J connectivity index is 1.89. The van der Waals surface area contributed by atoms with Crippen LogP contribution in [0.1, 0.15) is 5.76 Å². The fourth-order valence-corrected chi connectivity index (χ4v) is 1.57. The van der Waals surface area contributed by atoms with Crippen molar-refractivity contribution >= 4 is 5.69 Å². The van der Waals surface area contributed by atoms with E-state index in [4.69, 9.17) is 10.2 Å². The lowest BCUT2D eigenvalue weighted by atomic mass is 10.3. The normalized spacial score (nSPS) is 19.1. The van der Waals surface area contributed by atoms with Gasteiger partial charge in [-0.25, -0.2) is 0 Å². The van der Waals surface area contributed by atoms with Gasteiger partial charge >= 0.3 is 0 Å². The molecule has 0 aromatic carbocycles. The van der Waals surface area contributed by atoms with E-state index in [2.05, 4.69) is 10.2 Å². The molecule has 0 bridgehead atoms. The lowest BCUT2D eigenvalue weighted by molar-refractivity contribution is 0.216. The summed E-state index contributed by atoms with van der Waals surface area (Å²) >= 11 is 0. The maximum Gasteiger partial charge on any atom is 0.119 e. The zero-order valence-electron chi connectivity index (χ0n) is 7.62. The van der Waals surface area contributed by atoms with Crippen molar-refractivity contribution in [2.45, 2.75) is 6.54 Å². The Bertz CT molecular complexity index is 266. The van der Waals surface area contributed by atoms with Gasteiger partial charge in [0.05, 0.1) is 12.2 Å². The summed E-state index contributed by atoms with van der Waals surface area (Å²) in [7, 11) is 0. The molecule has 2 rings (SSSR count). The van der Waals surface area contributed by atoms with Gasteiger partial charge in [0.2, 0.25) is 0 Å². The molecule has 1 aromatic heterocycles. The maximum atomic E-state index is 5.56. The number of nitrogens with two attached hydrogens (primary N) is 1. The molecule has 1 aliphatic rings. The lowest BCUT2D eigenvalue weighted by Gasteiger charge is -2.25. The second-order valence-electron chi connectivity index (χ2n) is 3.37. The number of anilines is 1. The minimum absolute atomic E-state index is 0.713. The van der Waals surface area contributed by atoms with Gasteiger partial charge in [0.15, 0.2) is 0 Å². The van der Waals surface area contributed by atoms with Gasteiger partial charge in [0, 0.05) is 32.2 Å².